The van der Waals surface area contributed by atoms with Gasteiger partial charge < -0.3 is 5.73 Å². The molecule has 1 aromatic heterocycles. The maximum atomic E-state index is 5.65. The highest BCUT2D eigenvalue weighted by molar-refractivity contribution is 5.39. The minimum Gasteiger partial charge on any atom is -0.399 e. The molecule has 2 aromatic rings. The van der Waals surface area contributed by atoms with Crippen LogP contribution in [0.2, 0.25) is 0 Å². The van der Waals surface area contributed by atoms with Gasteiger partial charge in [0.05, 0.1) is 0 Å². The van der Waals surface area contributed by atoms with E-state index in [1.807, 2.05) is 25.1 Å². The number of nitrogen functional groups attached to an aromatic ring is 1. The molecule has 17 heavy (non-hydrogen) atoms. The first-order chi connectivity index (χ1) is 8.24. The molecule has 1 heterocycles. The Balaban J connectivity index is 1.85. The van der Waals surface area contributed by atoms with Crippen molar-refractivity contribution >= 4 is 5.69 Å². The molecule has 2 N–H and O–H groups in total. The Labute approximate surface area is 102 Å². The monoisotopic (exact) mass is 227 g/mol. The summed E-state index contributed by atoms with van der Waals surface area (Å²) < 4.78 is 0. The summed E-state index contributed by atoms with van der Waals surface area (Å²) in [4.78, 5) is 8.34. The van der Waals surface area contributed by atoms with Gasteiger partial charge in [-0.1, -0.05) is 12.1 Å². The second kappa shape index (κ2) is 5.43. The van der Waals surface area contributed by atoms with Crippen molar-refractivity contribution < 1.29 is 0 Å². The lowest BCUT2D eigenvalue weighted by molar-refractivity contribution is 0.792. The lowest BCUT2D eigenvalue weighted by Crippen LogP contribution is -1.95. The van der Waals surface area contributed by atoms with Gasteiger partial charge in [0.25, 0.3) is 0 Å². The summed E-state index contributed by atoms with van der Waals surface area (Å²) >= 11 is 0. The number of benzene rings is 1. The summed E-state index contributed by atoms with van der Waals surface area (Å²) in [5.74, 6) is 0. The topological polar surface area (TPSA) is 51.8 Å². The Kier molecular flexibility index (Phi) is 3.70. The van der Waals surface area contributed by atoms with Crippen molar-refractivity contribution in [1.82, 2.24) is 9.97 Å². The van der Waals surface area contributed by atoms with Crippen molar-refractivity contribution in [2.24, 2.45) is 0 Å². The van der Waals surface area contributed by atoms with Crippen LogP contribution in [0.1, 0.15) is 23.4 Å². The standard InChI is InChI=1S/C14H17N3/c1-11-9-14(17-10-16-11)4-2-3-12-5-7-13(15)8-6-12/h5-10H,2-4,15H2,1H3. The predicted octanol–water partition coefficient (Wildman–Crippen LogP) is 2.54. The average molecular weight is 227 g/mol. The number of rotatable bonds is 4. The summed E-state index contributed by atoms with van der Waals surface area (Å²) in [6.07, 6.45) is 4.78. The van der Waals surface area contributed by atoms with Crippen LogP contribution in [0.25, 0.3) is 0 Å². The molecule has 0 aliphatic carbocycles. The zero-order valence-corrected chi connectivity index (χ0v) is 10.1. The van der Waals surface area contributed by atoms with Gasteiger partial charge in [-0.25, -0.2) is 9.97 Å². The van der Waals surface area contributed by atoms with Crippen LogP contribution in [0, 0.1) is 6.92 Å². The smallest absolute Gasteiger partial charge is 0.115 e. The normalized spacial score (nSPS) is 10.4. The maximum Gasteiger partial charge on any atom is 0.115 e. The van der Waals surface area contributed by atoms with Crippen LogP contribution in [0.4, 0.5) is 5.69 Å². The first-order valence-electron chi connectivity index (χ1n) is 5.86. The van der Waals surface area contributed by atoms with Crippen LogP contribution in [0.15, 0.2) is 36.7 Å². The molecule has 3 nitrogen and oxygen atoms in total. The summed E-state index contributed by atoms with van der Waals surface area (Å²) in [6.45, 7) is 1.99. The minimum absolute atomic E-state index is 0.820. The van der Waals surface area contributed by atoms with Crippen LogP contribution >= 0.6 is 0 Å². The van der Waals surface area contributed by atoms with Gasteiger partial charge in [-0.15, -0.1) is 0 Å². The number of hydrogen-bond donors (Lipinski definition) is 1. The highest BCUT2D eigenvalue weighted by atomic mass is 14.8. The lowest BCUT2D eigenvalue weighted by atomic mass is 10.1. The molecular weight excluding hydrogens is 210 g/mol. The molecule has 88 valence electrons. The third kappa shape index (κ3) is 3.55. The Bertz CT molecular complexity index is 477. The fourth-order valence-electron chi connectivity index (χ4n) is 1.80. The Morgan fingerprint density at radius 3 is 2.53 bits per heavy atom. The molecule has 0 unspecified atom stereocenters. The molecule has 0 bridgehead atoms. The van der Waals surface area contributed by atoms with Gasteiger partial charge in [-0.3, -0.25) is 0 Å². The number of anilines is 1. The second-order valence-electron chi connectivity index (χ2n) is 4.25. The zero-order chi connectivity index (χ0) is 12.1. The number of aromatic nitrogens is 2. The number of nitrogens with two attached hydrogens (primary N) is 1. The van der Waals surface area contributed by atoms with Crippen molar-refractivity contribution in [2.75, 3.05) is 5.73 Å². The van der Waals surface area contributed by atoms with E-state index in [1.54, 1.807) is 6.33 Å². The molecule has 2 rings (SSSR count). The van der Waals surface area contributed by atoms with Gasteiger partial charge >= 0.3 is 0 Å². The quantitative estimate of drug-likeness (QED) is 0.817. The molecule has 0 amide bonds. The molecule has 0 spiro atoms. The van der Waals surface area contributed by atoms with Crippen LogP contribution in [0.3, 0.4) is 0 Å². The zero-order valence-electron chi connectivity index (χ0n) is 10.1. The molecule has 0 fully saturated rings. The number of nitrogens with zero attached hydrogens (tertiary/aromatic N) is 2. The lowest BCUT2D eigenvalue weighted by Gasteiger charge is -2.03. The van der Waals surface area contributed by atoms with Gasteiger partial charge in [-0.05, 0) is 49.9 Å². The van der Waals surface area contributed by atoms with E-state index in [0.717, 1.165) is 36.3 Å². The number of hydrogen-bond acceptors (Lipinski definition) is 3. The van der Waals surface area contributed by atoms with E-state index in [2.05, 4.69) is 22.1 Å². The fraction of sp³-hybridized carbons (Fsp3) is 0.286. The largest absolute Gasteiger partial charge is 0.399 e. The van der Waals surface area contributed by atoms with Crippen LogP contribution < -0.4 is 5.73 Å². The highest BCUT2D eigenvalue weighted by Crippen LogP contribution is 2.09. The van der Waals surface area contributed by atoms with Crippen molar-refractivity contribution in [3.8, 4) is 0 Å². The molecular formula is C14H17N3. The van der Waals surface area contributed by atoms with Crippen molar-refractivity contribution in [2.45, 2.75) is 26.2 Å². The van der Waals surface area contributed by atoms with Gasteiger partial charge in [0, 0.05) is 17.1 Å². The van der Waals surface area contributed by atoms with Gasteiger partial charge in [0.2, 0.25) is 0 Å². The van der Waals surface area contributed by atoms with Crippen molar-refractivity contribution in [1.29, 1.82) is 0 Å². The Morgan fingerprint density at radius 1 is 1.06 bits per heavy atom. The summed E-state index contributed by atoms with van der Waals surface area (Å²) in [7, 11) is 0. The third-order valence-electron chi connectivity index (χ3n) is 2.74. The van der Waals surface area contributed by atoms with E-state index in [1.165, 1.54) is 5.56 Å². The van der Waals surface area contributed by atoms with Crippen LogP contribution in [-0.4, -0.2) is 9.97 Å². The fourth-order valence-corrected chi connectivity index (χ4v) is 1.80. The van der Waals surface area contributed by atoms with Crippen molar-refractivity contribution in [3.05, 3.63) is 53.6 Å². The summed E-state index contributed by atoms with van der Waals surface area (Å²) in [5.41, 5.74) is 9.94. The van der Waals surface area contributed by atoms with E-state index >= 15 is 0 Å². The average Bonchev–Trinajstić information content (AvgIpc) is 2.32. The Hall–Kier alpha value is -1.90. The highest BCUT2D eigenvalue weighted by Gasteiger charge is 1.97. The predicted molar refractivity (Wildman–Crippen MR) is 69.6 cm³/mol. The first kappa shape index (κ1) is 11.6. The molecule has 1 aromatic carbocycles. The molecule has 3 heteroatoms. The maximum absolute atomic E-state index is 5.65. The number of aryl methyl sites for hydroxylation is 3. The van der Waals surface area contributed by atoms with Gasteiger partial charge in [0.1, 0.15) is 6.33 Å². The van der Waals surface area contributed by atoms with Gasteiger partial charge in [-0.2, -0.15) is 0 Å². The van der Waals surface area contributed by atoms with E-state index in [9.17, 15) is 0 Å². The van der Waals surface area contributed by atoms with E-state index < -0.39 is 0 Å². The molecule has 0 aliphatic heterocycles. The van der Waals surface area contributed by atoms with E-state index in [0.29, 0.717) is 0 Å². The van der Waals surface area contributed by atoms with Gasteiger partial charge in [0.15, 0.2) is 0 Å². The van der Waals surface area contributed by atoms with Crippen LogP contribution in [-0.2, 0) is 12.8 Å². The molecule has 0 aliphatic rings. The molecule has 0 atom stereocenters. The first-order valence-corrected chi connectivity index (χ1v) is 5.86. The molecule has 0 saturated heterocycles. The van der Waals surface area contributed by atoms with E-state index in [-0.39, 0.29) is 0 Å². The third-order valence-corrected chi connectivity index (χ3v) is 2.74. The summed E-state index contributed by atoms with van der Waals surface area (Å²) in [6, 6.07) is 10.1. The van der Waals surface area contributed by atoms with Crippen molar-refractivity contribution in [3.63, 3.8) is 0 Å². The molecule has 0 saturated carbocycles. The Morgan fingerprint density at radius 2 is 1.82 bits per heavy atom. The minimum atomic E-state index is 0.820. The SMILES string of the molecule is Cc1cc(CCCc2ccc(N)cc2)ncn1. The van der Waals surface area contributed by atoms with Crippen LogP contribution in [0.5, 0.6) is 0 Å². The second-order valence-corrected chi connectivity index (χ2v) is 4.25. The molecule has 0 radical (unpaired) electrons. The van der Waals surface area contributed by atoms with E-state index in [4.69, 9.17) is 5.73 Å². The summed E-state index contributed by atoms with van der Waals surface area (Å²) in [5, 5.41) is 0.